The number of benzene rings is 1. The second kappa shape index (κ2) is 7.87. The normalized spacial score (nSPS) is 12.8. The topological polar surface area (TPSA) is 50.4 Å². The maximum Gasteiger partial charge on any atom is 0.405 e. The summed E-state index contributed by atoms with van der Waals surface area (Å²) in [7, 11) is 0. The van der Waals surface area contributed by atoms with E-state index in [1.807, 2.05) is 26.0 Å². The van der Waals surface area contributed by atoms with Crippen molar-refractivity contribution < 1.29 is 22.7 Å². The maximum atomic E-state index is 12.0. The van der Waals surface area contributed by atoms with Crippen LogP contribution < -0.4 is 15.4 Å². The lowest BCUT2D eigenvalue weighted by molar-refractivity contribution is -0.139. The van der Waals surface area contributed by atoms with E-state index >= 15 is 0 Å². The molecule has 1 aromatic rings. The van der Waals surface area contributed by atoms with Crippen molar-refractivity contribution in [3.8, 4) is 5.75 Å². The number of hydrogen-bond donors (Lipinski definition) is 2. The lowest BCUT2D eigenvalue weighted by atomic mass is 10.1. The minimum Gasteiger partial charge on any atom is -0.483 e. The molecule has 2 N–H and O–H groups in total. The van der Waals surface area contributed by atoms with Gasteiger partial charge in [0.2, 0.25) is 0 Å². The van der Waals surface area contributed by atoms with Crippen LogP contribution in [0.3, 0.4) is 0 Å². The van der Waals surface area contributed by atoms with Crippen LogP contribution in [0.2, 0.25) is 0 Å². The first-order chi connectivity index (χ1) is 9.83. The fraction of sp³-hybridized carbons (Fsp3) is 0.500. The molecule has 4 nitrogen and oxygen atoms in total. The Morgan fingerprint density at radius 1 is 1.33 bits per heavy atom. The van der Waals surface area contributed by atoms with Crippen molar-refractivity contribution in [2.24, 2.45) is 0 Å². The predicted molar refractivity (Wildman–Crippen MR) is 73.1 cm³/mol. The first-order valence-electron chi connectivity index (χ1n) is 6.62. The van der Waals surface area contributed by atoms with Gasteiger partial charge in [-0.25, -0.2) is 0 Å². The molecule has 0 aliphatic heterocycles. The first kappa shape index (κ1) is 17.3. The third-order valence-electron chi connectivity index (χ3n) is 2.74. The maximum absolute atomic E-state index is 12.0. The number of nitrogens with one attached hydrogen (secondary N) is 2. The van der Waals surface area contributed by atoms with Crippen molar-refractivity contribution in [2.45, 2.75) is 26.1 Å². The zero-order valence-corrected chi connectivity index (χ0v) is 12.0. The van der Waals surface area contributed by atoms with Gasteiger partial charge in [0.15, 0.2) is 6.61 Å². The van der Waals surface area contributed by atoms with Crippen molar-refractivity contribution in [1.29, 1.82) is 0 Å². The molecule has 1 unspecified atom stereocenters. The molecule has 0 saturated carbocycles. The Morgan fingerprint density at radius 3 is 2.62 bits per heavy atom. The van der Waals surface area contributed by atoms with Gasteiger partial charge < -0.3 is 15.4 Å². The molecular weight excluding hydrogens is 285 g/mol. The van der Waals surface area contributed by atoms with Gasteiger partial charge in [-0.05, 0) is 19.5 Å². The number of para-hydroxylation sites is 1. The molecule has 21 heavy (non-hydrogen) atoms. The van der Waals surface area contributed by atoms with Crippen molar-refractivity contribution in [3.05, 3.63) is 29.8 Å². The molecule has 0 spiro atoms. The molecule has 0 fully saturated rings. The van der Waals surface area contributed by atoms with Crippen LogP contribution in [0.4, 0.5) is 13.2 Å². The minimum atomic E-state index is -4.42. The highest BCUT2D eigenvalue weighted by Crippen LogP contribution is 2.24. The number of rotatable bonds is 7. The number of ether oxygens (including phenoxy) is 1. The number of carbonyl (C=O) groups is 1. The Hall–Kier alpha value is -1.76. The van der Waals surface area contributed by atoms with E-state index in [0.29, 0.717) is 5.75 Å². The Labute approximate surface area is 121 Å². The molecular formula is C14H19F3N2O2. The van der Waals surface area contributed by atoms with Crippen LogP contribution in [0.1, 0.15) is 25.5 Å². The van der Waals surface area contributed by atoms with E-state index in [0.717, 1.165) is 12.1 Å². The van der Waals surface area contributed by atoms with E-state index < -0.39 is 25.2 Å². The number of alkyl halides is 3. The fourth-order valence-electron chi connectivity index (χ4n) is 1.78. The van der Waals surface area contributed by atoms with Crippen LogP contribution in [-0.4, -0.2) is 31.8 Å². The Balaban J connectivity index is 2.57. The van der Waals surface area contributed by atoms with Crippen LogP contribution >= 0.6 is 0 Å². The van der Waals surface area contributed by atoms with Gasteiger partial charge >= 0.3 is 6.18 Å². The predicted octanol–water partition coefficient (Wildman–Crippen LogP) is 2.41. The summed E-state index contributed by atoms with van der Waals surface area (Å²) < 4.78 is 41.2. The third-order valence-corrected chi connectivity index (χ3v) is 2.74. The Morgan fingerprint density at radius 2 is 2.00 bits per heavy atom. The monoisotopic (exact) mass is 304 g/mol. The van der Waals surface area contributed by atoms with Crippen LogP contribution in [0.5, 0.6) is 5.75 Å². The van der Waals surface area contributed by atoms with Crippen molar-refractivity contribution in [1.82, 2.24) is 10.6 Å². The van der Waals surface area contributed by atoms with E-state index in [9.17, 15) is 18.0 Å². The van der Waals surface area contributed by atoms with Crippen molar-refractivity contribution in [3.63, 3.8) is 0 Å². The molecule has 118 valence electrons. The average molecular weight is 304 g/mol. The summed E-state index contributed by atoms with van der Waals surface area (Å²) in [6.45, 7) is 2.86. The largest absolute Gasteiger partial charge is 0.483 e. The Bertz CT molecular complexity index is 464. The smallest absolute Gasteiger partial charge is 0.405 e. The van der Waals surface area contributed by atoms with Gasteiger partial charge in [-0.2, -0.15) is 13.2 Å². The highest BCUT2D eigenvalue weighted by molar-refractivity contribution is 5.77. The van der Waals surface area contributed by atoms with E-state index in [-0.39, 0.29) is 6.04 Å². The Kier molecular flexibility index (Phi) is 6.48. The zero-order chi connectivity index (χ0) is 15.9. The second-order valence-corrected chi connectivity index (χ2v) is 4.50. The van der Waals surface area contributed by atoms with Gasteiger partial charge in [-0.1, -0.05) is 25.1 Å². The SMILES string of the molecule is CCNC(C)c1ccccc1OCC(=O)NCC(F)(F)F. The summed E-state index contributed by atoms with van der Waals surface area (Å²) >= 11 is 0. The summed E-state index contributed by atoms with van der Waals surface area (Å²) in [6.07, 6.45) is -4.42. The van der Waals surface area contributed by atoms with Gasteiger partial charge in [0, 0.05) is 11.6 Å². The minimum absolute atomic E-state index is 0.0180. The summed E-state index contributed by atoms with van der Waals surface area (Å²) in [5.74, 6) is -0.327. The van der Waals surface area contributed by atoms with E-state index in [2.05, 4.69) is 5.32 Å². The first-order valence-corrected chi connectivity index (χ1v) is 6.62. The second-order valence-electron chi connectivity index (χ2n) is 4.50. The average Bonchev–Trinajstić information content (AvgIpc) is 2.42. The van der Waals surface area contributed by atoms with Gasteiger partial charge in [0.1, 0.15) is 12.3 Å². The summed E-state index contributed by atoms with van der Waals surface area (Å²) in [4.78, 5) is 11.3. The van der Waals surface area contributed by atoms with Gasteiger partial charge in [0.25, 0.3) is 5.91 Å². The standard InChI is InChI=1S/C14H19F3N2O2/c1-3-18-10(2)11-6-4-5-7-12(11)21-8-13(20)19-9-14(15,16)17/h4-7,10,18H,3,8-9H2,1-2H3,(H,19,20). The molecule has 1 aromatic carbocycles. The molecule has 1 atom stereocenters. The lowest BCUT2D eigenvalue weighted by Crippen LogP contribution is -2.36. The van der Waals surface area contributed by atoms with Crippen LogP contribution in [0, 0.1) is 0 Å². The van der Waals surface area contributed by atoms with E-state index in [1.165, 1.54) is 0 Å². The molecule has 0 aliphatic carbocycles. The highest BCUT2D eigenvalue weighted by Gasteiger charge is 2.27. The molecule has 0 radical (unpaired) electrons. The molecule has 0 aliphatic rings. The van der Waals surface area contributed by atoms with Gasteiger partial charge in [-0.15, -0.1) is 0 Å². The van der Waals surface area contributed by atoms with Crippen molar-refractivity contribution >= 4 is 5.91 Å². The number of carbonyl (C=O) groups excluding carboxylic acids is 1. The van der Waals surface area contributed by atoms with Crippen LogP contribution in [0.25, 0.3) is 0 Å². The molecule has 0 bridgehead atoms. The molecule has 0 saturated heterocycles. The summed E-state index contributed by atoms with van der Waals surface area (Å²) in [6, 6.07) is 7.12. The summed E-state index contributed by atoms with van der Waals surface area (Å²) in [5, 5.41) is 4.97. The molecule has 0 heterocycles. The number of halogens is 3. The van der Waals surface area contributed by atoms with Crippen LogP contribution in [-0.2, 0) is 4.79 Å². The number of hydrogen-bond acceptors (Lipinski definition) is 3. The number of amides is 1. The fourth-order valence-corrected chi connectivity index (χ4v) is 1.78. The van der Waals surface area contributed by atoms with E-state index in [4.69, 9.17) is 4.74 Å². The quantitative estimate of drug-likeness (QED) is 0.813. The molecule has 1 rings (SSSR count). The van der Waals surface area contributed by atoms with Crippen molar-refractivity contribution in [2.75, 3.05) is 19.7 Å². The third kappa shape index (κ3) is 6.48. The molecule has 7 heteroatoms. The summed E-state index contributed by atoms with van der Waals surface area (Å²) in [5.41, 5.74) is 0.850. The van der Waals surface area contributed by atoms with E-state index in [1.54, 1.807) is 17.4 Å². The van der Waals surface area contributed by atoms with Gasteiger partial charge in [-0.3, -0.25) is 4.79 Å². The van der Waals surface area contributed by atoms with Gasteiger partial charge in [0.05, 0.1) is 0 Å². The molecule has 1 amide bonds. The van der Waals surface area contributed by atoms with Crippen LogP contribution in [0.15, 0.2) is 24.3 Å². The molecule has 0 aromatic heterocycles. The lowest BCUT2D eigenvalue weighted by Gasteiger charge is -2.17. The highest BCUT2D eigenvalue weighted by atomic mass is 19.4. The zero-order valence-electron chi connectivity index (χ0n) is 12.0.